The lowest BCUT2D eigenvalue weighted by molar-refractivity contribution is -0.146. The summed E-state index contributed by atoms with van der Waals surface area (Å²) in [6.45, 7) is 6.04. The molecule has 7 heteroatoms. The Morgan fingerprint density at radius 1 is 0.951 bits per heavy atom. The molecule has 2 N–H and O–H groups in total. The van der Waals surface area contributed by atoms with Gasteiger partial charge in [-0.05, 0) is 130 Å². The van der Waals surface area contributed by atoms with Crippen LogP contribution in [0.1, 0.15) is 89.9 Å². The summed E-state index contributed by atoms with van der Waals surface area (Å²) in [4.78, 5) is 33.5. The van der Waals surface area contributed by atoms with Crippen molar-refractivity contribution in [1.29, 1.82) is 0 Å². The Morgan fingerprint density at radius 2 is 1.61 bits per heavy atom. The molecule has 2 heterocycles. The second-order valence-corrected chi connectivity index (χ2v) is 15.2. The van der Waals surface area contributed by atoms with Crippen LogP contribution in [0, 0.1) is 40.9 Å². The Bertz CT molecular complexity index is 976. The van der Waals surface area contributed by atoms with E-state index in [1.54, 1.807) is 0 Å². The highest BCUT2D eigenvalue weighted by Gasteiger charge is 2.55. The Balaban J connectivity index is 1.18. The second-order valence-electron chi connectivity index (χ2n) is 15.2. The molecule has 8 rings (SSSR count). The zero-order valence-electron chi connectivity index (χ0n) is 25.2. The second kappa shape index (κ2) is 11.9. The highest BCUT2D eigenvalue weighted by Crippen LogP contribution is 2.61. The standard InChI is InChI=1S/C34H53N3O4/c38-21-23-5-7-27(8-6-23)31-30(32(39)35-9-10-36-11-13-41-14-12-36)28-3-1-2-4-29(28)33(40)37(31)22-34-18-24-15-25(19-34)17-26(16-24)20-34/h23-27,30-31,38H,1-22H2,(H,35,39)/t23?,24?,25?,26?,27?,30-,31+,34?/m1/s1. The van der Waals surface area contributed by atoms with E-state index in [2.05, 4.69) is 15.1 Å². The van der Waals surface area contributed by atoms with E-state index in [4.69, 9.17) is 4.74 Å². The summed E-state index contributed by atoms with van der Waals surface area (Å²) >= 11 is 0. The lowest BCUT2D eigenvalue weighted by Gasteiger charge is -2.59. The number of nitrogens with one attached hydrogen (secondary N) is 1. The third kappa shape index (κ3) is 5.64. The van der Waals surface area contributed by atoms with E-state index in [-0.39, 0.29) is 35.8 Å². The topological polar surface area (TPSA) is 82.1 Å². The third-order valence-electron chi connectivity index (χ3n) is 12.5. The van der Waals surface area contributed by atoms with Gasteiger partial charge in [-0.2, -0.15) is 0 Å². The van der Waals surface area contributed by atoms with Crippen molar-refractivity contribution < 1.29 is 19.4 Å². The van der Waals surface area contributed by atoms with Gasteiger partial charge in [0.1, 0.15) is 0 Å². The molecular weight excluding hydrogens is 514 g/mol. The number of nitrogens with zero attached hydrogens (tertiary/aromatic N) is 2. The number of aliphatic hydroxyl groups excluding tert-OH is 1. The van der Waals surface area contributed by atoms with Crippen LogP contribution >= 0.6 is 0 Å². The monoisotopic (exact) mass is 567 g/mol. The van der Waals surface area contributed by atoms with E-state index in [9.17, 15) is 14.7 Å². The van der Waals surface area contributed by atoms with Crippen LogP contribution in [0.25, 0.3) is 0 Å². The molecule has 41 heavy (non-hydrogen) atoms. The van der Waals surface area contributed by atoms with Crippen molar-refractivity contribution in [2.24, 2.45) is 40.9 Å². The van der Waals surface area contributed by atoms with E-state index in [1.165, 1.54) is 44.1 Å². The van der Waals surface area contributed by atoms with Crippen LogP contribution in [0.4, 0.5) is 0 Å². The molecular formula is C34H53N3O4. The molecule has 4 bridgehead atoms. The average molecular weight is 568 g/mol. The average Bonchev–Trinajstić information content (AvgIpc) is 2.98. The molecule has 2 aliphatic heterocycles. The summed E-state index contributed by atoms with van der Waals surface area (Å²) in [5.41, 5.74) is 2.44. The predicted molar refractivity (Wildman–Crippen MR) is 158 cm³/mol. The molecule has 0 unspecified atom stereocenters. The zero-order valence-corrected chi connectivity index (χ0v) is 25.2. The first-order chi connectivity index (χ1) is 20.0. The molecule has 1 saturated heterocycles. The maximum absolute atomic E-state index is 14.5. The van der Waals surface area contributed by atoms with Crippen LogP contribution in [-0.2, 0) is 14.3 Å². The highest BCUT2D eigenvalue weighted by atomic mass is 16.5. The number of carbonyl (C=O) groups excluding carboxylic acids is 2. The molecule has 5 saturated carbocycles. The first-order valence-electron chi connectivity index (χ1n) is 17.2. The fourth-order valence-electron chi connectivity index (χ4n) is 11.1. The normalized spacial score (nSPS) is 41.0. The molecule has 0 aromatic carbocycles. The maximum atomic E-state index is 14.5. The van der Waals surface area contributed by atoms with Gasteiger partial charge in [0.15, 0.2) is 0 Å². The molecule has 228 valence electrons. The van der Waals surface area contributed by atoms with E-state index < -0.39 is 0 Å². The minimum absolute atomic E-state index is 0.0321. The van der Waals surface area contributed by atoms with Gasteiger partial charge in [0.25, 0.3) is 0 Å². The number of hydrogen-bond donors (Lipinski definition) is 2. The molecule has 8 aliphatic rings. The fraction of sp³-hybridized carbons (Fsp3) is 0.882. The Morgan fingerprint density at radius 3 is 2.27 bits per heavy atom. The van der Waals surface area contributed by atoms with Crippen molar-refractivity contribution in [2.75, 3.05) is 52.5 Å². The maximum Gasteiger partial charge on any atom is 0.250 e. The summed E-state index contributed by atoms with van der Waals surface area (Å²) in [7, 11) is 0. The molecule has 6 fully saturated rings. The molecule has 0 aromatic rings. The van der Waals surface area contributed by atoms with E-state index in [0.29, 0.717) is 18.4 Å². The smallest absolute Gasteiger partial charge is 0.250 e. The van der Waals surface area contributed by atoms with E-state index >= 15 is 0 Å². The van der Waals surface area contributed by atoms with Gasteiger partial charge in [-0.25, -0.2) is 0 Å². The van der Waals surface area contributed by atoms with Gasteiger partial charge in [0.2, 0.25) is 11.8 Å². The summed E-state index contributed by atoms with van der Waals surface area (Å²) in [6.07, 6.45) is 16.0. The van der Waals surface area contributed by atoms with Gasteiger partial charge in [-0.1, -0.05) is 0 Å². The molecule has 6 aliphatic carbocycles. The number of morpholine rings is 1. The van der Waals surface area contributed by atoms with Crippen LogP contribution in [-0.4, -0.2) is 85.3 Å². The molecule has 2 amide bonds. The predicted octanol–water partition coefficient (Wildman–Crippen LogP) is 4.15. The molecule has 7 nitrogen and oxygen atoms in total. The SMILES string of the molecule is O=C(NCCN1CCOCC1)[C@@H]1C2=C(CCCC2)C(=O)N(CC23CC4CC(CC(C4)C2)C3)[C@H]1C1CCC(CO)CC1. The van der Waals surface area contributed by atoms with Crippen molar-refractivity contribution in [3.63, 3.8) is 0 Å². The lowest BCUT2D eigenvalue weighted by Crippen LogP contribution is -2.62. The van der Waals surface area contributed by atoms with Gasteiger partial charge >= 0.3 is 0 Å². The van der Waals surface area contributed by atoms with Crippen LogP contribution < -0.4 is 5.32 Å². The van der Waals surface area contributed by atoms with Crippen LogP contribution in [0.3, 0.4) is 0 Å². The van der Waals surface area contributed by atoms with Gasteiger partial charge in [0.05, 0.1) is 25.2 Å². The minimum Gasteiger partial charge on any atom is -0.396 e. The Kier molecular flexibility index (Phi) is 8.24. The van der Waals surface area contributed by atoms with Crippen molar-refractivity contribution in [1.82, 2.24) is 15.1 Å². The van der Waals surface area contributed by atoms with Crippen molar-refractivity contribution >= 4 is 11.8 Å². The zero-order chi connectivity index (χ0) is 28.0. The van der Waals surface area contributed by atoms with Gasteiger partial charge in [0, 0.05) is 44.9 Å². The summed E-state index contributed by atoms with van der Waals surface area (Å²) in [5.74, 6) is 3.48. The van der Waals surface area contributed by atoms with Crippen LogP contribution in [0.15, 0.2) is 11.1 Å². The van der Waals surface area contributed by atoms with Crippen molar-refractivity contribution in [2.45, 2.75) is 95.9 Å². The number of rotatable bonds is 8. The quantitative estimate of drug-likeness (QED) is 0.461. The molecule has 2 atom stereocenters. The number of carbonyl (C=O) groups is 2. The van der Waals surface area contributed by atoms with E-state index in [1.807, 2.05) is 0 Å². The van der Waals surface area contributed by atoms with Gasteiger partial charge < -0.3 is 20.1 Å². The Hall–Kier alpha value is -1.44. The molecule has 0 radical (unpaired) electrons. The Labute approximate surface area is 246 Å². The first kappa shape index (κ1) is 28.3. The number of aliphatic hydroxyl groups is 1. The first-order valence-corrected chi connectivity index (χ1v) is 17.2. The highest BCUT2D eigenvalue weighted by molar-refractivity contribution is 5.99. The minimum atomic E-state index is -0.211. The summed E-state index contributed by atoms with van der Waals surface area (Å²) in [6, 6.07) is -0.0321. The third-order valence-corrected chi connectivity index (χ3v) is 12.5. The molecule has 0 spiro atoms. The number of ether oxygens (including phenoxy) is 1. The van der Waals surface area contributed by atoms with E-state index in [0.717, 1.165) is 114 Å². The van der Waals surface area contributed by atoms with Gasteiger partial charge in [-0.15, -0.1) is 0 Å². The van der Waals surface area contributed by atoms with Crippen LogP contribution in [0.2, 0.25) is 0 Å². The van der Waals surface area contributed by atoms with Gasteiger partial charge in [-0.3, -0.25) is 14.5 Å². The van der Waals surface area contributed by atoms with Crippen LogP contribution in [0.5, 0.6) is 0 Å². The summed E-state index contributed by atoms with van der Waals surface area (Å²) < 4.78 is 5.51. The van der Waals surface area contributed by atoms with Crippen molar-refractivity contribution in [3.8, 4) is 0 Å². The number of amides is 2. The summed E-state index contributed by atoms with van der Waals surface area (Å²) in [5, 5.41) is 13.3. The molecule has 0 aromatic heterocycles. The largest absolute Gasteiger partial charge is 0.396 e. The number of hydrogen-bond acceptors (Lipinski definition) is 5. The van der Waals surface area contributed by atoms with Crippen molar-refractivity contribution in [3.05, 3.63) is 11.1 Å². The lowest BCUT2D eigenvalue weighted by atomic mass is 9.49. The fourth-order valence-corrected chi connectivity index (χ4v) is 11.1.